The molecule has 2 atom stereocenters. The maximum atomic E-state index is 11.4. The number of carbonyl (C=O) groups is 1. The molecule has 0 aliphatic carbocycles. The molecular weight excluding hydrogens is 264 g/mol. The summed E-state index contributed by atoms with van der Waals surface area (Å²) in [5.41, 5.74) is 2.30. The summed E-state index contributed by atoms with van der Waals surface area (Å²) >= 11 is 0. The summed E-state index contributed by atoms with van der Waals surface area (Å²) in [6.45, 7) is 2.06. The molecule has 1 aliphatic rings. The first kappa shape index (κ1) is 13.8. The quantitative estimate of drug-likeness (QED) is 0.860. The summed E-state index contributed by atoms with van der Waals surface area (Å²) in [5, 5.41) is 12.0. The van der Waals surface area contributed by atoms with Gasteiger partial charge in [-0.15, -0.1) is 0 Å². The predicted molar refractivity (Wildman–Crippen MR) is 82.8 cm³/mol. The maximum Gasteiger partial charge on any atom is 0.309 e. The maximum absolute atomic E-state index is 11.4. The van der Waals surface area contributed by atoms with Crippen LogP contribution in [-0.4, -0.2) is 23.3 Å². The lowest BCUT2D eigenvalue weighted by Crippen LogP contribution is -2.31. The Labute approximate surface area is 123 Å². The molecule has 3 rings (SSSR count). The molecule has 0 radical (unpaired) electrons. The summed E-state index contributed by atoms with van der Waals surface area (Å²) in [6.07, 6.45) is 3.47. The highest BCUT2D eigenvalue weighted by atomic mass is 16.5. The lowest BCUT2D eigenvalue weighted by molar-refractivity contribution is -0.156. The highest BCUT2D eigenvalue weighted by Gasteiger charge is 2.25. The van der Waals surface area contributed by atoms with E-state index in [2.05, 4.69) is 31.2 Å². The molecule has 1 N–H and O–H groups in total. The van der Waals surface area contributed by atoms with E-state index >= 15 is 0 Å². The molecule has 3 heteroatoms. The molecule has 0 spiro atoms. The van der Waals surface area contributed by atoms with Crippen molar-refractivity contribution in [3.8, 4) is 0 Å². The van der Waals surface area contributed by atoms with Crippen LogP contribution in [-0.2, 0) is 9.53 Å². The molecule has 0 unspecified atom stereocenters. The second-order valence-corrected chi connectivity index (χ2v) is 5.50. The van der Waals surface area contributed by atoms with Crippen LogP contribution in [0.3, 0.4) is 0 Å². The van der Waals surface area contributed by atoms with E-state index in [9.17, 15) is 9.90 Å². The minimum Gasteiger partial charge on any atom is -0.458 e. The Hall–Kier alpha value is -2.13. The Morgan fingerprint density at radius 3 is 2.86 bits per heavy atom. The number of rotatable bonds is 2. The van der Waals surface area contributed by atoms with Crippen molar-refractivity contribution in [2.75, 3.05) is 0 Å². The summed E-state index contributed by atoms with van der Waals surface area (Å²) in [7, 11) is 0. The van der Waals surface area contributed by atoms with Crippen LogP contribution in [0.2, 0.25) is 0 Å². The fourth-order valence-electron chi connectivity index (χ4n) is 2.76. The standard InChI is InChI=1S/C18H18O3/c1-12-6-7-13-4-2-3-5-17(13)16(12)9-8-15-10-14(19)11-18(20)21-15/h2-9,14-15,19H,10-11H2,1H3/t14-,15-/m0/s1. The smallest absolute Gasteiger partial charge is 0.309 e. The van der Waals surface area contributed by atoms with Gasteiger partial charge in [0, 0.05) is 6.42 Å². The van der Waals surface area contributed by atoms with Crippen LogP contribution < -0.4 is 0 Å². The van der Waals surface area contributed by atoms with Gasteiger partial charge in [-0.3, -0.25) is 4.79 Å². The van der Waals surface area contributed by atoms with Crippen molar-refractivity contribution >= 4 is 22.8 Å². The molecule has 2 aromatic carbocycles. The third-order valence-corrected chi connectivity index (χ3v) is 3.86. The van der Waals surface area contributed by atoms with Crippen LogP contribution in [0.4, 0.5) is 0 Å². The lowest BCUT2D eigenvalue weighted by atomic mass is 9.98. The molecule has 1 saturated heterocycles. The first-order chi connectivity index (χ1) is 10.1. The zero-order valence-electron chi connectivity index (χ0n) is 12.0. The molecule has 3 nitrogen and oxygen atoms in total. The Morgan fingerprint density at radius 2 is 2.05 bits per heavy atom. The van der Waals surface area contributed by atoms with Gasteiger partial charge in [-0.25, -0.2) is 0 Å². The van der Waals surface area contributed by atoms with Gasteiger partial charge in [0.25, 0.3) is 0 Å². The lowest BCUT2D eigenvalue weighted by Gasteiger charge is -2.23. The molecule has 0 amide bonds. The van der Waals surface area contributed by atoms with Crippen LogP contribution >= 0.6 is 0 Å². The van der Waals surface area contributed by atoms with Crippen LogP contribution in [0.15, 0.2) is 42.5 Å². The van der Waals surface area contributed by atoms with Gasteiger partial charge in [-0.05, 0) is 34.9 Å². The average molecular weight is 282 g/mol. The molecule has 1 aliphatic heterocycles. The monoisotopic (exact) mass is 282 g/mol. The molecule has 108 valence electrons. The normalized spacial score (nSPS) is 22.7. The second kappa shape index (κ2) is 5.70. The van der Waals surface area contributed by atoms with E-state index < -0.39 is 6.10 Å². The van der Waals surface area contributed by atoms with E-state index in [-0.39, 0.29) is 18.5 Å². The highest BCUT2D eigenvalue weighted by molar-refractivity contribution is 5.91. The van der Waals surface area contributed by atoms with Crippen LogP contribution in [0, 0.1) is 6.92 Å². The van der Waals surface area contributed by atoms with Crippen molar-refractivity contribution in [1.82, 2.24) is 0 Å². The van der Waals surface area contributed by atoms with Crippen molar-refractivity contribution in [1.29, 1.82) is 0 Å². The predicted octanol–water partition coefficient (Wildman–Crippen LogP) is 3.23. The number of esters is 1. The number of aliphatic hydroxyl groups excluding tert-OH is 1. The minimum absolute atomic E-state index is 0.0949. The van der Waals surface area contributed by atoms with E-state index in [0.717, 1.165) is 5.56 Å². The summed E-state index contributed by atoms with van der Waals surface area (Å²) in [5.74, 6) is -0.335. The van der Waals surface area contributed by atoms with Crippen molar-refractivity contribution < 1.29 is 14.6 Å². The Balaban J connectivity index is 1.92. The number of aryl methyl sites for hydroxylation is 1. The first-order valence-corrected chi connectivity index (χ1v) is 7.17. The third kappa shape index (κ3) is 2.98. The van der Waals surface area contributed by atoms with Gasteiger partial charge in [0.05, 0.1) is 12.5 Å². The van der Waals surface area contributed by atoms with Crippen LogP contribution in [0.5, 0.6) is 0 Å². The number of carbonyl (C=O) groups excluding carboxylic acids is 1. The fourth-order valence-corrected chi connectivity index (χ4v) is 2.76. The molecule has 0 saturated carbocycles. The number of benzene rings is 2. The molecule has 1 fully saturated rings. The highest BCUT2D eigenvalue weighted by Crippen LogP contribution is 2.24. The van der Waals surface area contributed by atoms with Gasteiger partial charge < -0.3 is 9.84 Å². The zero-order valence-corrected chi connectivity index (χ0v) is 12.0. The first-order valence-electron chi connectivity index (χ1n) is 7.17. The summed E-state index contributed by atoms with van der Waals surface area (Å²) in [4.78, 5) is 11.4. The Morgan fingerprint density at radius 1 is 1.24 bits per heavy atom. The molecule has 0 bridgehead atoms. The van der Waals surface area contributed by atoms with E-state index in [0.29, 0.717) is 6.42 Å². The van der Waals surface area contributed by atoms with Gasteiger partial charge in [-0.1, -0.05) is 42.5 Å². The summed E-state index contributed by atoms with van der Waals surface area (Å²) < 4.78 is 5.24. The zero-order chi connectivity index (χ0) is 14.8. The number of fused-ring (bicyclic) bond motifs is 1. The summed E-state index contributed by atoms with van der Waals surface area (Å²) in [6, 6.07) is 12.4. The number of aliphatic hydroxyl groups is 1. The van der Waals surface area contributed by atoms with E-state index in [1.165, 1.54) is 16.3 Å². The Kier molecular flexibility index (Phi) is 3.76. The SMILES string of the molecule is Cc1ccc2ccccc2c1C=C[C@H]1C[C@H](O)CC(=O)O1. The van der Waals surface area contributed by atoms with Crippen molar-refractivity contribution in [3.63, 3.8) is 0 Å². The van der Waals surface area contributed by atoms with Gasteiger partial charge in [0.15, 0.2) is 0 Å². The Bertz CT molecular complexity index is 703. The largest absolute Gasteiger partial charge is 0.458 e. The van der Waals surface area contributed by atoms with Crippen molar-refractivity contribution in [2.45, 2.75) is 32.0 Å². The van der Waals surface area contributed by atoms with E-state index in [1.807, 2.05) is 24.3 Å². The van der Waals surface area contributed by atoms with Crippen molar-refractivity contribution in [3.05, 3.63) is 53.6 Å². The molecule has 1 heterocycles. The van der Waals surface area contributed by atoms with Gasteiger partial charge in [0.1, 0.15) is 6.10 Å². The number of hydrogen-bond acceptors (Lipinski definition) is 3. The van der Waals surface area contributed by atoms with Crippen LogP contribution in [0.1, 0.15) is 24.0 Å². The molecule has 2 aromatic rings. The number of hydrogen-bond donors (Lipinski definition) is 1. The van der Waals surface area contributed by atoms with E-state index in [1.54, 1.807) is 0 Å². The number of ether oxygens (including phenoxy) is 1. The van der Waals surface area contributed by atoms with Crippen molar-refractivity contribution in [2.24, 2.45) is 0 Å². The molecular formula is C18H18O3. The van der Waals surface area contributed by atoms with Crippen LogP contribution in [0.25, 0.3) is 16.8 Å². The van der Waals surface area contributed by atoms with Gasteiger partial charge in [0.2, 0.25) is 0 Å². The van der Waals surface area contributed by atoms with E-state index in [4.69, 9.17) is 4.74 Å². The minimum atomic E-state index is -0.602. The van der Waals surface area contributed by atoms with Gasteiger partial charge in [-0.2, -0.15) is 0 Å². The molecule has 0 aromatic heterocycles. The average Bonchev–Trinajstić information content (AvgIpc) is 2.45. The topological polar surface area (TPSA) is 46.5 Å². The second-order valence-electron chi connectivity index (χ2n) is 5.50. The fraction of sp³-hybridized carbons (Fsp3) is 0.278. The van der Waals surface area contributed by atoms with Gasteiger partial charge >= 0.3 is 5.97 Å². The third-order valence-electron chi connectivity index (χ3n) is 3.86. The number of cyclic esters (lactones) is 1. The molecule has 21 heavy (non-hydrogen) atoms.